The van der Waals surface area contributed by atoms with E-state index in [0.717, 1.165) is 25.9 Å². The van der Waals surface area contributed by atoms with Gasteiger partial charge in [-0.05, 0) is 40.0 Å². The number of piperidine rings is 1. The monoisotopic (exact) mass is 241 g/mol. The number of nitrogens with zero attached hydrogens (tertiary/aromatic N) is 2. The van der Waals surface area contributed by atoms with E-state index in [1.807, 2.05) is 0 Å². The van der Waals surface area contributed by atoms with E-state index in [-0.39, 0.29) is 11.9 Å². The third-order valence-electron chi connectivity index (χ3n) is 2.91. The van der Waals surface area contributed by atoms with Gasteiger partial charge in [-0.25, -0.2) is 0 Å². The Kier molecular flexibility index (Phi) is 5.93. The van der Waals surface area contributed by atoms with E-state index >= 15 is 0 Å². The predicted octanol–water partition coefficient (Wildman–Crippen LogP) is -1.01. The summed E-state index contributed by atoms with van der Waals surface area (Å²) in [4.78, 5) is 14.2. The van der Waals surface area contributed by atoms with Crippen LogP contribution in [0.25, 0.3) is 0 Å². The second-order valence-corrected chi connectivity index (χ2v) is 4.36. The quantitative estimate of drug-likeness (QED) is 0.426. The molecule has 1 rings (SSSR count). The van der Waals surface area contributed by atoms with Crippen LogP contribution in [0.3, 0.4) is 0 Å². The highest BCUT2D eigenvalue weighted by molar-refractivity contribution is 6.39. The third-order valence-corrected chi connectivity index (χ3v) is 2.91. The van der Waals surface area contributed by atoms with Crippen molar-refractivity contribution >= 4 is 11.6 Å². The fraction of sp³-hybridized carbons (Fsp3) is 0.818. The minimum atomic E-state index is -0.0803. The summed E-state index contributed by atoms with van der Waals surface area (Å²) in [6.45, 7) is 2.55. The lowest BCUT2D eigenvalue weighted by Gasteiger charge is -2.29. The first-order valence-electron chi connectivity index (χ1n) is 6.04. The molecule has 1 amide bonds. The standard InChI is InChI=1S/C11H23N5O/c1-12-8-10(15-13-2)11(17)14-9-4-6-16(3)7-5-9/h9,12-13H,4-8H2,1-3H3,(H,14,17)/b15-10+. The molecule has 17 heavy (non-hydrogen) atoms. The van der Waals surface area contributed by atoms with Crippen LogP contribution in [0.5, 0.6) is 0 Å². The molecule has 0 aromatic heterocycles. The number of carbonyl (C=O) groups is 1. The fourth-order valence-corrected chi connectivity index (χ4v) is 1.89. The van der Waals surface area contributed by atoms with Crippen LogP contribution in [-0.4, -0.2) is 63.3 Å². The topological polar surface area (TPSA) is 68.8 Å². The molecule has 0 aromatic rings. The molecule has 1 aliphatic rings. The second kappa shape index (κ2) is 7.24. The molecule has 0 saturated carbocycles. The van der Waals surface area contributed by atoms with Crippen LogP contribution in [0.15, 0.2) is 5.10 Å². The number of hydrazone groups is 1. The zero-order valence-corrected chi connectivity index (χ0v) is 10.9. The molecule has 0 unspecified atom stereocenters. The molecule has 0 aromatic carbocycles. The maximum Gasteiger partial charge on any atom is 0.269 e. The van der Waals surface area contributed by atoms with Crippen molar-refractivity contribution in [3.05, 3.63) is 0 Å². The molecular formula is C11H23N5O. The highest BCUT2D eigenvalue weighted by Gasteiger charge is 2.20. The van der Waals surface area contributed by atoms with Crippen molar-refractivity contribution in [3.8, 4) is 0 Å². The summed E-state index contributed by atoms with van der Waals surface area (Å²) in [5, 5.41) is 9.95. The maximum atomic E-state index is 11.9. The van der Waals surface area contributed by atoms with Gasteiger partial charge < -0.3 is 21.0 Å². The summed E-state index contributed by atoms with van der Waals surface area (Å²) in [7, 11) is 5.60. The Morgan fingerprint density at radius 1 is 1.35 bits per heavy atom. The zero-order chi connectivity index (χ0) is 12.7. The molecule has 1 heterocycles. The first-order chi connectivity index (χ1) is 8.17. The van der Waals surface area contributed by atoms with Crippen molar-refractivity contribution in [1.29, 1.82) is 0 Å². The number of nitrogens with one attached hydrogen (secondary N) is 3. The highest BCUT2D eigenvalue weighted by Crippen LogP contribution is 2.07. The highest BCUT2D eigenvalue weighted by atomic mass is 16.2. The second-order valence-electron chi connectivity index (χ2n) is 4.36. The average Bonchev–Trinajstić information content (AvgIpc) is 2.32. The van der Waals surface area contributed by atoms with E-state index in [4.69, 9.17) is 0 Å². The van der Waals surface area contributed by atoms with Gasteiger partial charge in [0.25, 0.3) is 5.91 Å². The van der Waals surface area contributed by atoms with Crippen LogP contribution in [0.2, 0.25) is 0 Å². The predicted molar refractivity (Wildman–Crippen MR) is 69.1 cm³/mol. The van der Waals surface area contributed by atoms with E-state index in [1.165, 1.54) is 0 Å². The van der Waals surface area contributed by atoms with Gasteiger partial charge in [0.2, 0.25) is 0 Å². The molecule has 1 aliphatic heterocycles. The number of carbonyl (C=O) groups excluding carboxylic acids is 1. The van der Waals surface area contributed by atoms with Gasteiger partial charge in [0.1, 0.15) is 5.71 Å². The summed E-state index contributed by atoms with van der Waals surface area (Å²) in [5.74, 6) is -0.0803. The Labute approximate surface area is 103 Å². The molecule has 6 heteroatoms. The van der Waals surface area contributed by atoms with Gasteiger partial charge in [-0.2, -0.15) is 5.10 Å². The van der Waals surface area contributed by atoms with Crippen LogP contribution < -0.4 is 16.1 Å². The molecule has 6 nitrogen and oxygen atoms in total. The number of amides is 1. The van der Waals surface area contributed by atoms with Crippen LogP contribution in [-0.2, 0) is 4.79 Å². The fourth-order valence-electron chi connectivity index (χ4n) is 1.89. The Morgan fingerprint density at radius 3 is 2.53 bits per heavy atom. The van der Waals surface area contributed by atoms with Gasteiger partial charge in [-0.3, -0.25) is 4.79 Å². The Hall–Kier alpha value is -1.14. The largest absolute Gasteiger partial charge is 0.348 e. The molecule has 0 radical (unpaired) electrons. The molecule has 1 saturated heterocycles. The molecule has 0 spiro atoms. The lowest BCUT2D eigenvalue weighted by molar-refractivity contribution is -0.115. The van der Waals surface area contributed by atoms with E-state index < -0.39 is 0 Å². The zero-order valence-electron chi connectivity index (χ0n) is 10.9. The summed E-state index contributed by atoms with van der Waals surface area (Å²) < 4.78 is 0. The lowest BCUT2D eigenvalue weighted by atomic mass is 10.1. The SMILES string of the molecule is CNC/C(=N\NC)C(=O)NC1CCN(C)CC1. The summed E-state index contributed by atoms with van der Waals surface area (Å²) >= 11 is 0. The molecule has 0 bridgehead atoms. The van der Waals surface area contributed by atoms with Crippen molar-refractivity contribution < 1.29 is 4.79 Å². The van der Waals surface area contributed by atoms with Crippen molar-refractivity contribution in [1.82, 2.24) is 21.0 Å². The van der Waals surface area contributed by atoms with Gasteiger partial charge in [0.15, 0.2) is 0 Å². The van der Waals surface area contributed by atoms with Gasteiger partial charge in [-0.15, -0.1) is 0 Å². The van der Waals surface area contributed by atoms with E-state index in [9.17, 15) is 4.79 Å². The maximum absolute atomic E-state index is 11.9. The van der Waals surface area contributed by atoms with Crippen molar-refractivity contribution in [2.24, 2.45) is 5.10 Å². The number of hydrogen-bond acceptors (Lipinski definition) is 5. The molecule has 98 valence electrons. The Bertz CT molecular complexity index is 271. The first kappa shape index (κ1) is 13.9. The van der Waals surface area contributed by atoms with Crippen LogP contribution in [0.1, 0.15) is 12.8 Å². The first-order valence-corrected chi connectivity index (χ1v) is 6.04. The van der Waals surface area contributed by atoms with Crippen LogP contribution in [0, 0.1) is 0 Å². The van der Waals surface area contributed by atoms with Crippen LogP contribution >= 0.6 is 0 Å². The van der Waals surface area contributed by atoms with Gasteiger partial charge in [-0.1, -0.05) is 0 Å². The van der Waals surface area contributed by atoms with Crippen LogP contribution in [0.4, 0.5) is 0 Å². The molecule has 0 atom stereocenters. The lowest BCUT2D eigenvalue weighted by Crippen LogP contribution is -2.47. The Morgan fingerprint density at radius 2 is 2.00 bits per heavy atom. The third kappa shape index (κ3) is 4.70. The summed E-state index contributed by atoms with van der Waals surface area (Å²) in [6.07, 6.45) is 2.02. The Balaban J connectivity index is 2.44. The molecule has 3 N–H and O–H groups in total. The van der Waals surface area contributed by atoms with Gasteiger partial charge in [0.05, 0.1) is 0 Å². The van der Waals surface area contributed by atoms with Gasteiger partial charge in [0, 0.05) is 19.6 Å². The van der Waals surface area contributed by atoms with Crippen molar-refractivity contribution in [3.63, 3.8) is 0 Å². The minimum absolute atomic E-state index is 0.0803. The summed E-state index contributed by atoms with van der Waals surface area (Å²) in [5.41, 5.74) is 3.15. The summed E-state index contributed by atoms with van der Waals surface area (Å²) in [6, 6.07) is 0.276. The smallest absolute Gasteiger partial charge is 0.269 e. The van der Waals surface area contributed by atoms with E-state index in [2.05, 4.69) is 33.1 Å². The number of likely N-dealkylation sites (tertiary alicyclic amines) is 1. The minimum Gasteiger partial charge on any atom is -0.348 e. The van der Waals surface area contributed by atoms with Crippen molar-refractivity contribution in [2.45, 2.75) is 18.9 Å². The average molecular weight is 241 g/mol. The number of hydrogen-bond donors (Lipinski definition) is 3. The van der Waals surface area contributed by atoms with Crippen molar-refractivity contribution in [2.75, 3.05) is 40.8 Å². The molecule has 1 fully saturated rings. The number of rotatable bonds is 5. The molecular weight excluding hydrogens is 218 g/mol. The van der Waals surface area contributed by atoms with E-state index in [1.54, 1.807) is 14.1 Å². The normalized spacial score (nSPS) is 19.1. The van der Waals surface area contributed by atoms with Gasteiger partial charge >= 0.3 is 0 Å². The van der Waals surface area contributed by atoms with E-state index in [0.29, 0.717) is 12.3 Å². The molecule has 0 aliphatic carbocycles.